The summed E-state index contributed by atoms with van der Waals surface area (Å²) < 4.78 is 31.6. The maximum atomic E-state index is 13.6. The molecule has 0 aromatic heterocycles. The summed E-state index contributed by atoms with van der Waals surface area (Å²) >= 11 is 0. The van der Waals surface area contributed by atoms with Gasteiger partial charge in [0, 0.05) is 0 Å². The van der Waals surface area contributed by atoms with Crippen LogP contribution >= 0.6 is 7.26 Å². The second-order valence-electron chi connectivity index (χ2n) is 7.30. The molecule has 4 aromatic carbocycles. The molecule has 31 heavy (non-hydrogen) atoms. The normalized spacial score (nSPS) is 11.3. The summed E-state index contributed by atoms with van der Waals surface area (Å²) in [6.07, 6.45) is 0.770. The SMILES string of the molecule is FCCOc1ccc([P+](Cc2ccc(F)cc2)(c2ccccc2)c2ccccc2)cc1. The van der Waals surface area contributed by atoms with E-state index in [1.165, 1.54) is 28.0 Å². The molecule has 0 bridgehead atoms. The van der Waals surface area contributed by atoms with Crippen LogP contribution in [0.2, 0.25) is 0 Å². The minimum Gasteiger partial charge on any atom is -0.491 e. The molecule has 0 N–H and O–H groups in total. The molecule has 0 heterocycles. The van der Waals surface area contributed by atoms with Crippen LogP contribution in [-0.2, 0) is 6.16 Å². The summed E-state index contributed by atoms with van der Waals surface area (Å²) in [5.74, 6) is 0.420. The largest absolute Gasteiger partial charge is 0.491 e. The Labute approximate surface area is 182 Å². The molecular weight excluding hydrogens is 409 g/mol. The maximum Gasteiger partial charge on any atom is 0.123 e. The number of hydrogen-bond acceptors (Lipinski definition) is 1. The Morgan fingerprint density at radius 3 is 1.65 bits per heavy atom. The number of benzene rings is 4. The minimum absolute atomic E-state index is 0.0482. The van der Waals surface area contributed by atoms with Gasteiger partial charge in [0.2, 0.25) is 0 Å². The highest BCUT2D eigenvalue weighted by Crippen LogP contribution is 2.58. The number of halogens is 2. The van der Waals surface area contributed by atoms with Gasteiger partial charge in [-0.3, -0.25) is 0 Å². The Morgan fingerprint density at radius 1 is 0.613 bits per heavy atom. The van der Waals surface area contributed by atoms with Crippen molar-refractivity contribution in [3.8, 4) is 5.75 Å². The van der Waals surface area contributed by atoms with Crippen LogP contribution in [0.1, 0.15) is 5.56 Å². The standard InChI is InChI=1S/C27H24F2OP/c28-19-20-30-24-15-17-27(18-16-24)31(25-7-3-1-4-8-25,26-9-5-2-6-10-26)21-22-11-13-23(29)14-12-22/h1-18H,19-21H2/q+1. The molecule has 0 aliphatic carbocycles. The number of rotatable bonds is 8. The number of ether oxygens (including phenoxy) is 1. The van der Waals surface area contributed by atoms with Crippen molar-refractivity contribution in [3.63, 3.8) is 0 Å². The highest BCUT2D eigenvalue weighted by Gasteiger charge is 2.45. The van der Waals surface area contributed by atoms with E-state index in [-0.39, 0.29) is 12.4 Å². The van der Waals surface area contributed by atoms with Gasteiger partial charge in [0.1, 0.15) is 48.0 Å². The summed E-state index contributed by atoms with van der Waals surface area (Å²) in [4.78, 5) is 0. The van der Waals surface area contributed by atoms with Crippen LogP contribution in [0.3, 0.4) is 0 Å². The topological polar surface area (TPSA) is 9.23 Å². The third-order valence-electron chi connectivity index (χ3n) is 5.35. The van der Waals surface area contributed by atoms with Gasteiger partial charge in [0.25, 0.3) is 0 Å². The zero-order chi connectivity index (χ0) is 21.5. The highest BCUT2D eigenvalue weighted by molar-refractivity contribution is 7.95. The quantitative estimate of drug-likeness (QED) is 0.326. The molecule has 4 heteroatoms. The van der Waals surface area contributed by atoms with Gasteiger partial charge in [-0.2, -0.15) is 0 Å². The summed E-state index contributed by atoms with van der Waals surface area (Å²) in [7, 11) is -2.09. The molecular formula is C27H24F2OP+. The Bertz CT molecular complexity index is 1040. The van der Waals surface area contributed by atoms with Gasteiger partial charge in [0.15, 0.2) is 0 Å². The summed E-state index contributed by atoms with van der Waals surface area (Å²) in [6.45, 7) is -0.468. The lowest BCUT2D eigenvalue weighted by atomic mass is 10.2. The lowest BCUT2D eigenvalue weighted by Gasteiger charge is -2.28. The average Bonchev–Trinajstić information content (AvgIpc) is 2.84. The highest BCUT2D eigenvalue weighted by atomic mass is 31.2. The Kier molecular flexibility index (Phi) is 6.74. The van der Waals surface area contributed by atoms with E-state index in [2.05, 4.69) is 60.7 Å². The van der Waals surface area contributed by atoms with E-state index >= 15 is 0 Å². The molecule has 0 unspecified atom stereocenters. The molecule has 0 aliphatic rings. The van der Waals surface area contributed by atoms with Gasteiger partial charge in [-0.05, 0) is 66.2 Å². The summed E-state index contributed by atoms with van der Waals surface area (Å²) in [5, 5.41) is 3.70. The second-order valence-corrected chi connectivity index (χ2v) is 10.8. The van der Waals surface area contributed by atoms with E-state index in [0.717, 1.165) is 11.7 Å². The molecule has 0 atom stereocenters. The van der Waals surface area contributed by atoms with E-state index in [9.17, 15) is 8.78 Å². The van der Waals surface area contributed by atoms with Crippen LogP contribution in [0.25, 0.3) is 0 Å². The predicted molar refractivity (Wildman–Crippen MR) is 127 cm³/mol. The van der Waals surface area contributed by atoms with E-state index in [1.54, 1.807) is 0 Å². The minimum atomic E-state index is -2.09. The summed E-state index contributed by atoms with van der Waals surface area (Å²) in [6, 6.07) is 35.8. The molecule has 0 spiro atoms. The van der Waals surface area contributed by atoms with Gasteiger partial charge in [-0.25, -0.2) is 8.78 Å². The predicted octanol–water partition coefficient (Wildman–Crippen LogP) is 5.67. The molecule has 0 amide bonds. The lowest BCUT2D eigenvalue weighted by molar-refractivity contribution is 0.273. The van der Waals surface area contributed by atoms with Crippen LogP contribution in [0, 0.1) is 5.82 Å². The molecule has 4 rings (SSSR count). The van der Waals surface area contributed by atoms with Gasteiger partial charge >= 0.3 is 0 Å². The molecule has 4 aromatic rings. The zero-order valence-corrected chi connectivity index (χ0v) is 18.0. The molecule has 0 radical (unpaired) electrons. The van der Waals surface area contributed by atoms with Crippen molar-refractivity contribution in [2.24, 2.45) is 0 Å². The van der Waals surface area contributed by atoms with Crippen molar-refractivity contribution in [2.75, 3.05) is 13.3 Å². The van der Waals surface area contributed by atoms with Crippen molar-refractivity contribution >= 4 is 23.2 Å². The molecule has 0 fully saturated rings. The van der Waals surface area contributed by atoms with Crippen molar-refractivity contribution in [3.05, 3.63) is 121 Å². The molecule has 0 saturated carbocycles. The van der Waals surface area contributed by atoms with E-state index in [4.69, 9.17) is 4.74 Å². The lowest BCUT2D eigenvalue weighted by Crippen LogP contribution is -2.32. The first kappa shape index (κ1) is 21.2. The zero-order valence-electron chi connectivity index (χ0n) is 17.1. The van der Waals surface area contributed by atoms with Crippen LogP contribution in [-0.4, -0.2) is 13.3 Å². The fourth-order valence-electron chi connectivity index (χ4n) is 3.90. The molecule has 0 aliphatic heterocycles. The monoisotopic (exact) mass is 433 g/mol. The van der Waals surface area contributed by atoms with Crippen LogP contribution in [0.4, 0.5) is 8.78 Å². The Morgan fingerprint density at radius 2 is 1.13 bits per heavy atom. The van der Waals surface area contributed by atoms with Crippen LogP contribution in [0.15, 0.2) is 109 Å². The van der Waals surface area contributed by atoms with Crippen molar-refractivity contribution in [2.45, 2.75) is 6.16 Å². The van der Waals surface area contributed by atoms with Crippen LogP contribution in [0.5, 0.6) is 5.75 Å². The fraction of sp³-hybridized carbons (Fsp3) is 0.111. The second kappa shape index (κ2) is 9.85. The average molecular weight is 433 g/mol. The summed E-state index contributed by atoms with van der Waals surface area (Å²) in [5.41, 5.74) is 1.08. The third kappa shape index (κ3) is 4.68. The first-order valence-electron chi connectivity index (χ1n) is 10.3. The van der Waals surface area contributed by atoms with E-state index in [1.807, 2.05) is 36.4 Å². The molecule has 0 saturated heterocycles. The van der Waals surface area contributed by atoms with Gasteiger partial charge in [-0.1, -0.05) is 48.5 Å². The Balaban J connectivity index is 1.90. The van der Waals surface area contributed by atoms with Crippen molar-refractivity contribution in [1.29, 1.82) is 0 Å². The Hall–Kier alpha value is -3.03. The van der Waals surface area contributed by atoms with Crippen LogP contribution < -0.4 is 20.7 Å². The smallest absolute Gasteiger partial charge is 0.123 e. The van der Waals surface area contributed by atoms with Gasteiger partial charge in [-0.15, -0.1) is 0 Å². The first-order chi connectivity index (χ1) is 15.2. The number of alkyl halides is 1. The van der Waals surface area contributed by atoms with E-state index in [0.29, 0.717) is 5.75 Å². The fourth-order valence-corrected chi connectivity index (χ4v) is 8.12. The number of hydrogen-bond donors (Lipinski definition) is 0. The van der Waals surface area contributed by atoms with Gasteiger partial charge < -0.3 is 4.74 Å². The van der Waals surface area contributed by atoms with Crippen molar-refractivity contribution in [1.82, 2.24) is 0 Å². The molecule has 156 valence electrons. The third-order valence-corrected chi connectivity index (χ3v) is 9.73. The van der Waals surface area contributed by atoms with Crippen molar-refractivity contribution < 1.29 is 13.5 Å². The van der Waals surface area contributed by atoms with Gasteiger partial charge in [0.05, 0.1) is 6.16 Å². The van der Waals surface area contributed by atoms with E-state index < -0.39 is 13.9 Å². The maximum absolute atomic E-state index is 13.6. The molecule has 1 nitrogen and oxygen atoms in total. The first-order valence-corrected chi connectivity index (χ1v) is 12.2.